The molecule has 0 spiro atoms. The van der Waals surface area contributed by atoms with Crippen LogP contribution in [0.5, 0.6) is 11.5 Å². The Hall–Kier alpha value is -4.17. The van der Waals surface area contributed by atoms with Crippen LogP contribution in [0.15, 0.2) is 60.2 Å². The van der Waals surface area contributed by atoms with E-state index in [2.05, 4.69) is 0 Å². The fourth-order valence-electron chi connectivity index (χ4n) is 5.23. The van der Waals surface area contributed by atoms with Crippen LogP contribution >= 0.6 is 11.3 Å². The summed E-state index contributed by atoms with van der Waals surface area (Å²) in [7, 11) is 0. The second kappa shape index (κ2) is 8.45. The van der Waals surface area contributed by atoms with Gasteiger partial charge in [0.2, 0.25) is 0 Å². The van der Waals surface area contributed by atoms with Gasteiger partial charge >= 0.3 is 5.91 Å². The number of aromatic nitrogens is 1. The number of benzene rings is 3. The van der Waals surface area contributed by atoms with Crippen LogP contribution in [0.3, 0.4) is 0 Å². The number of rotatable bonds is 3. The molecule has 0 aliphatic carbocycles. The van der Waals surface area contributed by atoms with Gasteiger partial charge in [-0.2, -0.15) is 0 Å². The van der Waals surface area contributed by atoms with Crippen molar-refractivity contribution in [3.8, 4) is 11.5 Å². The van der Waals surface area contributed by atoms with Crippen LogP contribution < -0.4 is 9.64 Å². The van der Waals surface area contributed by atoms with E-state index in [9.17, 15) is 19.8 Å². The molecular weight excluding hydrogens is 488 g/mol. The average molecular weight is 513 g/mol. The number of nitrogens with zero attached hydrogens (tertiary/aromatic N) is 2. The molecule has 1 saturated heterocycles. The van der Waals surface area contributed by atoms with E-state index in [0.29, 0.717) is 22.7 Å². The summed E-state index contributed by atoms with van der Waals surface area (Å²) in [4.78, 5) is 33.0. The highest BCUT2D eigenvalue weighted by molar-refractivity contribution is 7.22. The maximum atomic E-state index is 13.5. The van der Waals surface area contributed by atoms with Crippen molar-refractivity contribution in [1.82, 2.24) is 4.98 Å². The lowest BCUT2D eigenvalue weighted by molar-refractivity contribution is -0.132. The maximum Gasteiger partial charge on any atom is 0.301 e. The first-order chi connectivity index (χ1) is 17.7. The molecule has 6 rings (SSSR count). The molecule has 2 N–H and O–H groups in total. The summed E-state index contributed by atoms with van der Waals surface area (Å²) in [5, 5.41) is 22.0. The Bertz CT molecular complexity index is 1650. The number of hydrogen-bond acceptors (Lipinski definition) is 7. The Balaban J connectivity index is 1.55. The monoisotopic (exact) mass is 512 g/mol. The number of anilines is 1. The second-order valence-corrected chi connectivity index (χ2v) is 10.7. The highest BCUT2D eigenvalue weighted by Gasteiger charge is 2.48. The number of phenols is 1. The third kappa shape index (κ3) is 3.76. The zero-order chi connectivity index (χ0) is 26.0. The van der Waals surface area contributed by atoms with Gasteiger partial charge < -0.3 is 14.9 Å². The van der Waals surface area contributed by atoms with Gasteiger partial charge in [-0.1, -0.05) is 29.5 Å². The largest absolute Gasteiger partial charge is 0.508 e. The van der Waals surface area contributed by atoms with Crippen molar-refractivity contribution in [2.75, 3.05) is 4.90 Å². The number of carbonyl (C=O) groups excluding carboxylic acids is 2. The van der Waals surface area contributed by atoms with Crippen LogP contribution in [-0.2, 0) is 16.0 Å². The van der Waals surface area contributed by atoms with E-state index in [1.807, 2.05) is 32.9 Å². The molecule has 186 valence electrons. The first-order valence-electron chi connectivity index (χ1n) is 12.0. The van der Waals surface area contributed by atoms with Gasteiger partial charge in [-0.05, 0) is 79.4 Å². The number of hydrogen-bond donors (Lipinski definition) is 2. The van der Waals surface area contributed by atoms with Crippen molar-refractivity contribution in [1.29, 1.82) is 0 Å². The molecule has 8 heteroatoms. The SMILES string of the molecule is Cc1cc(C)c2nc(N3C(=O)C(=O)C(=C(O)c4ccc5c(c4)C[C@@H](C)O5)[C@H]3c3cccc(O)c3)sc2c1. The van der Waals surface area contributed by atoms with Crippen molar-refractivity contribution in [2.45, 2.75) is 39.3 Å². The Morgan fingerprint density at radius 3 is 2.70 bits per heavy atom. The third-order valence-corrected chi connectivity index (χ3v) is 7.83. The maximum absolute atomic E-state index is 13.5. The number of ether oxygens (including phenoxy) is 1. The number of aromatic hydroxyl groups is 1. The van der Waals surface area contributed by atoms with Crippen molar-refractivity contribution in [2.24, 2.45) is 0 Å². The van der Waals surface area contributed by atoms with Crippen LogP contribution in [0.25, 0.3) is 16.0 Å². The van der Waals surface area contributed by atoms with Crippen LogP contribution in [-0.4, -0.2) is 33.0 Å². The Labute approximate surface area is 217 Å². The number of amides is 1. The summed E-state index contributed by atoms with van der Waals surface area (Å²) in [6.07, 6.45) is 0.710. The number of carbonyl (C=O) groups is 2. The summed E-state index contributed by atoms with van der Waals surface area (Å²) < 4.78 is 6.67. The number of fused-ring (bicyclic) bond motifs is 2. The molecule has 0 radical (unpaired) electrons. The van der Waals surface area contributed by atoms with Gasteiger partial charge in [0.25, 0.3) is 5.78 Å². The summed E-state index contributed by atoms with van der Waals surface area (Å²) in [6.45, 7) is 5.92. The summed E-state index contributed by atoms with van der Waals surface area (Å²) in [5.74, 6) is -1.12. The summed E-state index contributed by atoms with van der Waals surface area (Å²) in [5.41, 5.74) is 4.60. The lowest BCUT2D eigenvalue weighted by Gasteiger charge is -2.23. The van der Waals surface area contributed by atoms with E-state index >= 15 is 0 Å². The first kappa shape index (κ1) is 23.2. The quantitative estimate of drug-likeness (QED) is 0.212. The van der Waals surface area contributed by atoms with Crippen molar-refractivity contribution in [3.63, 3.8) is 0 Å². The molecule has 1 amide bonds. The predicted molar refractivity (Wildman–Crippen MR) is 142 cm³/mol. The standard InChI is InChI=1S/C29H24N2O5S/c1-14-9-15(2)24-22(10-14)37-29(30-24)31-25(17-5-4-6-20(32)13-17)23(27(34)28(31)35)26(33)18-7-8-21-19(12-18)11-16(3)36-21/h4-10,12-13,16,25,32-33H,11H2,1-3H3/t16-,25-/m1/s1. The van der Waals surface area contributed by atoms with E-state index in [0.717, 1.165) is 32.7 Å². The molecule has 1 fully saturated rings. The number of phenolic OH excluding ortho intramolecular Hbond substituents is 1. The van der Waals surface area contributed by atoms with Gasteiger partial charge in [-0.15, -0.1) is 0 Å². The van der Waals surface area contributed by atoms with Gasteiger partial charge in [0.15, 0.2) is 5.13 Å². The number of aliphatic hydroxyl groups excluding tert-OH is 1. The van der Waals surface area contributed by atoms with Gasteiger partial charge in [-0.3, -0.25) is 14.5 Å². The average Bonchev–Trinajstić information content (AvgIpc) is 3.51. The van der Waals surface area contributed by atoms with Crippen molar-refractivity contribution < 1.29 is 24.5 Å². The molecule has 2 atom stereocenters. The molecule has 0 saturated carbocycles. The third-order valence-electron chi connectivity index (χ3n) is 6.82. The van der Waals surface area contributed by atoms with Crippen molar-refractivity contribution >= 4 is 44.1 Å². The van der Waals surface area contributed by atoms with Crippen LogP contribution in [0.4, 0.5) is 5.13 Å². The van der Waals surface area contributed by atoms with E-state index in [-0.39, 0.29) is 23.2 Å². The highest BCUT2D eigenvalue weighted by Crippen LogP contribution is 2.45. The minimum Gasteiger partial charge on any atom is -0.508 e. The van der Waals surface area contributed by atoms with E-state index in [1.54, 1.807) is 30.3 Å². The molecule has 3 aromatic carbocycles. The van der Waals surface area contributed by atoms with Gasteiger partial charge in [0.05, 0.1) is 21.8 Å². The summed E-state index contributed by atoms with van der Waals surface area (Å²) in [6, 6.07) is 14.7. The number of thiazole rings is 1. The van der Waals surface area contributed by atoms with Gasteiger partial charge in [-0.25, -0.2) is 4.98 Å². The molecule has 2 aliphatic heterocycles. The molecule has 0 unspecified atom stereocenters. The lowest BCUT2D eigenvalue weighted by atomic mass is 9.94. The normalized spacial score (nSPS) is 20.5. The second-order valence-electron chi connectivity index (χ2n) is 9.64. The molecule has 2 aliphatic rings. The smallest absolute Gasteiger partial charge is 0.301 e. The zero-order valence-corrected chi connectivity index (χ0v) is 21.3. The van der Waals surface area contributed by atoms with Crippen LogP contribution in [0.1, 0.15) is 40.8 Å². The lowest BCUT2D eigenvalue weighted by Crippen LogP contribution is -2.29. The Kier molecular flexibility index (Phi) is 5.31. The fourth-order valence-corrected chi connectivity index (χ4v) is 6.40. The van der Waals surface area contributed by atoms with E-state index < -0.39 is 17.7 Å². The molecule has 7 nitrogen and oxygen atoms in total. The van der Waals surface area contributed by atoms with Gasteiger partial charge in [0, 0.05) is 12.0 Å². The van der Waals surface area contributed by atoms with Crippen molar-refractivity contribution in [3.05, 3.63) is 88.0 Å². The molecular formula is C29H24N2O5S. The van der Waals surface area contributed by atoms with E-state index in [1.165, 1.54) is 28.4 Å². The molecule has 37 heavy (non-hydrogen) atoms. The minimum absolute atomic E-state index is 0.0116. The summed E-state index contributed by atoms with van der Waals surface area (Å²) >= 11 is 1.32. The fraction of sp³-hybridized carbons (Fsp3) is 0.207. The van der Waals surface area contributed by atoms with E-state index in [4.69, 9.17) is 9.72 Å². The number of aryl methyl sites for hydroxylation is 2. The molecule has 3 heterocycles. The molecule has 1 aromatic heterocycles. The highest BCUT2D eigenvalue weighted by atomic mass is 32.1. The number of aliphatic hydroxyl groups is 1. The predicted octanol–water partition coefficient (Wildman–Crippen LogP) is 5.57. The molecule has 4 aromatic rings. The molecule has 0 bridgehead atoms. The Morgan fingerprint density at radius 2 is 1.92 bits per heavy atom. The topological polar surface area (TPSA) is 100.0 Å². The Morgan fingerprint density at radius 1 is 1.11 bits per heavy atom. The van der Waals surface area contributed by atoms with Crippen LogP contribution in [0, 0.1) is 13.8 Å². The minimum atomic E-state index is -0.961. The zero-order valence-electron chi connectivity index (χ0n) is 20.5. The number of Topliss-reactive ketones (excluding diaryl/α,β-unsaturated/α-hetero) is 1. The number of ketones is 1. The first-order valence-corrected chi connectivity index (χ1v) is 12.8. The van der Waals surface area contributed by atoms with Gasteiger partial charge in [0.1, 0.15) is 23.4 Å². The van der Waals surface area contributed by atoms with Crippen LogP contribution in [0.2, 0.25) is 0 Å².